The van der Waals surface area contributed by atoms with E-state index in [-0.39, 0.29) is 23.7 Å². The van der Waals surface area contributed by atoms with Crippen LogP contribution in [0.2, 0.25) is 5.02 Å². The number of pyridine rings is 2. The molecular weight excluding hydrogens is 530 g/mol. The van der Waals surface area contributed by atoms with Gasteiger partial charge in [0.05, 0.1) is 52.4 Å². The number of carbonyl (C=O) groups is 1. The predicted octanol–water partition coefficient (Wildman–Crippen LogP) is 4.70. The Morgan fingerprint density at radius 3 is 2.60 bits per heavy atom. The summed E-state index contributed by atoms with van der Waals surface area (Å²) in [5.41, 5.74) is 3.53. The number of imidazole rings is 1. The molecule has 2 aliphatic rings. The van der Waals surface area contributed by atoms with Crippen LogP contribution in [0.5, 0.6) is 5.88 Å². The standard InChI is InChI=1S/C30H32ClN5O4/c1-19-25(14-21(31)15-32-19)29(37)34-22-8-6-20(7-9-22)17-35-26-4-2-3-5-27(26)36(30(35)38)23-10-11-28(33-16-23)40-24-12-13-39-18-24/h2-5,10-11,14-16,20,22,24H,6-9,12-13,17-18H2,1H3,(H,34,37)/t20-,22-,24-/m1/s1. The van der Waals surface area contributed by atoms with Crippen molar-refractivity contribution in [1.82, 2.24) is 24.4 Å². The Bertz CT molecular complexity index is 1570. The van der Waals surface area contributed by atoms with Gasteiger partial charge in [0.25, 0.3) is 5.91 Å². The second-order valence-corrected chi connectivity index (χ2v) is 11.1. The number of hydrogen-bond donors (Lipinski definition) is 1. The van der Waals surface area contributed by atoms with Crippen LogP contribution < -0.4 is 15.7 Å². The van der Waals surface area contributed by atoms with E-state index >= 15 is 0 Å². The lowest BCUT2D eigenvalue weighted by Crippen LogP contribution is -2.39. The summed E-state index contributed by atoms with van der Waals surface area (Å²) in [7, 11) is 0. The fourth-order valence-electron chi connectivity index (χ4n) is 5.73. The fraction of sp³-hybridized carbons (Fsp3) is 0.400. The highest BCUT2D eigenvalue weighted by atomic mass is 35.5. The molecule has 10 heteroatoms. The van der Waals surface area contributed by atoms with Crippen LogP contribution >= 0.6 is 11.6 Å². The monoisotopic (exact) mass is 561 g/mol. The minimum Gasteiger partial charge on any atom is -0.472 e. The average Bonchev–Trinajstić information content (AvgIpc) is 3.57. The molecule has 6 rings (SSSR count). The van der Waals surface area contributed by atoms with E-state index in [9.17, 15) is 9.59 Å². The Balaban J connectivity index is 1.15. The van der Waals surface area contributed by atoms with Crippen molar-refractivity contribution < 1.29 is 14.3 Å². The molecule has 0 unspecified atom stereocenters. The van der Waals surface area contributed by atoms with Crippen molar-refractivity contribution in [2.75, 3.05) is 13.2 Å². The van der Waals surface area contributed by atoms with Crippen LogP contribution in [0.3, 0.4) is 0 Å². The molecule has 40 heavy (non-hydrogen) atoms. The van der Waals surface area contributed by atoms with Crippen molar-refractivity contribution in [3.63, 3.8) is 0 Å². The molecule has 0 bridgehead atoms. The fourth-order valence-corrected chi connectivity index (χ4v) is 5.89. The first-order valence-corrected chi connectivity index (χ1v) is 14.2. The van der Waals surface area contributed by atoms with Crippen LogP contribution in [0.15, 0.2) is 59.7 Å². The van der Waals surface area contributed by atoms with Crippen LogP contribution in [-0.2, 0) is 11.3 Å². The van der Waals surface area contributed by atoms with Crippen molar-refractivity contribution in [3.8, 4) is 11.6 Å². The third kappa shape index (κ3) is 5.48. The van der Waals surface area contributed by atoms with Crippen LogP contribution in [0, 0.1) is 12.8 Å². The van der Waals surface area contributed by atoms with Crippen molar-refractivity contribution in [2.24, 2.45) is 5.92 Å². The number of nitrogens with zero attached hydrogens (tertiary/aromatic N) is 4. The number of aromatic nitrogens is 4. The molecule has 1 aliphatic heterocycles. The van der Waals surface area contributed by atoms with Gasteiger partial charge >= 0.3 is 5.69 Å². The summed E-state index contributed by atoms with van der Waals surface area (Å²) in [6.07, 6.45) is 7.65. The van der Waals surface area contributed by atoms with Gasteiger partial charge in [-0.15, -0.1) is 0 Å². The number of benzene rings is 1. The van der Waals surface area contributed by atoms with Gasteiger partial charge in [0.15, 0.2) is 0 Å². The Labute approximate surface area is 237 Å². The van der Waals surface area contributed by atoms with Gasteiger partial charge in [0.1, 0.15) is 6.10 Å². The first-order chi connectivity index (χ1) is 19.5. The smallest absolute Gasteiger partial charge is 0.333 e. The molecule has 1 amide bonds. The highest BCUT2D eigenvalue weighted by molar-refractivity contribution is 6.30. The molecule has 208 valence electrons. The van der Waals surface area contributed by atoms with Crippen LogP contribution in [-0.4, -0.2) is 50.4 Å². The van der Waals surface area contributed by atoms with Gasteiger partial charge in [-0.25, -0.2) is 9.78 Å². The lowest BCUT2D eigenvalue weighted by molar-refractivity contribution is 0.0919. The number of hydrogen-bond acceptors (Lipinski definition) is 6. The number of halogens is 1. The number of rotatable bonds is 7. The Hall–Kier alpha value is -3.69. The molecule has 1 atom stereocenters. The van der Waals surface area contributed by atoms with E-state index in [1.54, 1.807) is 30.0 Å². The average molecular weight is 562 g/mol. The highest BCUT2D eigenvalue weighted by Crippen LogP contribution is 2.28. The normalized spacial score (nSPS) is 21.0. The van der Waals surface area contributed by atoms with Crippen molar-refractivity contribution >= 4 is 28.5 Å². The summed E-state index contributed by atoms with van der Waals surface area (Å²) in [4.78, 5) is 35.2. The van der Waals surface area contributed by atoms with E-state index in [0.29, 0.717) is 53.5 Å². The number of nitrogens with one attached hydrogen (secondary N) is 1. The first-order valence-electron chi connectivity index (χ1n) is 13.8. The molecule has 9 nitrogen and oxygen atoms in total. The Morgan fingerprint density at radius 1 is 1.07 bits per heavy atom. The van der Waals surface area contributed by atoms with Gasteiger partial charge in [0, 0.05) is 31.3 Å². The zero-order valence-corrected chi connectivity index (χ0v) is 23.1. The van der Waals surface area contributed by atoms with Crippen LogP contribution in [0.25, 0.3) is 16.7 Å². The van der Waals surface area contributed by atoms with E-state index in [0.717, 1.165) is 43.1 Å². The molecule has 0 radical (unpaired) electrons. The van der Waals surface area contributed by atoms with Gasteiger partial charge in [-0.3, -0.25) is 18.9 Å². The largest absolute Gasteiger partial charge is 0.472 e. The zero-order chi connectivity index (χ0) is 27.6. The number of para-hydroxylation sites is 2. The van der Waals surface area contributed by atoms with E-state index in [4.69, 9.17) is 21.1 Å². The molecule has 1 N–H and O–H groups in total. The second-order valence-electron chi connectivity index (χ2n) is 10.7. The van der Waals surface area contributed by atoms with Crippen molar-refractivity contribution in [1.29, 1.82) is 0 Å². The molecule has 1 aliphatic carbocycles. The summed E-state index contributed by atoms with van der Waals surface area (Å²) < 4.78 is 14.9. The molecular formula is C30H32ClN5O4. The topological polar surface area (TPSA) is 100 Å². The summed E-state index contributed by atoms with van der Waals surface area (Å²) in [5.74, 6) is 0.723. The van der Waals surface area contributed by atoms with E-state index < -0.39 is 0 Å². The minimum absolute atomic E-state index is 0.0179. The summed E-state index contributed by atoms with van der Waals surface area (Å²) in [6, 6.07) is 13.3. The van der Waals surface area contributed by atoms with Crippen LogP contribution in [0.4, 0.5) is 0 Å². The third-order valence-corrected chi connectivity index (χ3v) is 8.12. The van der Waals surface area contributed by atoms with Crippen molar-refractivity contribution in [3.05, 3.63) is 81.6 Å². The maximum absolute atomic E-state index is 13.7. The summed E-state index contributed by atoms with van der Waals surface area (Å²) in [6.45, 7) is 3.71. The minimum atomic E-state index is -0.142. The number of fused-ring (bicyclic) bond motifs is 1. The molecule has 3 aromatic heterocycles. The molecule has 2 fully saturated rings. The van der Waals surface area contributed by atoms with E-state index in [1.807, 2.05) is 41.0 Å². The maximum Gasteiger partial charge on any atom is 0.333 e. The lowest BCUT2D eigenvalue weighted by Gasteiger charge is -2.29. The predicted molar refractivity (Wildman–Crippen MR) is 152 cm³/mol. The quantitative estimate of drug-likeness (QED) is 0.351. The third-order valence-electron chi connectivity index (χ3n) is 7.91. The van der Waals surface area contributed by atoms with E-state index in [2.05, 4.69) is 15.3 Å². The van der Waals surface area contributed by atoms with Gasteiger partial charge in [-0.1, -0.05) is 23.7 Å². The van der Waals surface area contributed by atoms with Crippen LogP contribution in [0.1, 0.15) is 48.2 Å². The molecule has 1 saturated carbocycles. The number of aryl methyl sites for hydroxylation is 1. The summed E-state index contributed by atoms with van der Waals surface area (Å²) in [5, 5.41) is 3.59. The molecule has 4 aromatic rings. The maximum atomic E-state index is 13.7. The zero-order valence-electron chi connectivity index (χ0n) is 22.4. The number of amides is 1. The molecule has 1 aromatic carbocycles. The lowest BCUT2D eigenvalue weighted by atomic mass is 9.85. The summed E-state index contributed by atoms with van der Waals surface area (Å²) >= 11 is 6.05. The number of ether oxygens (including phenoxy) is 2. The Morgan fingerprint density at radius 2 is 1.88 bits per heavy atom. The molecule has 4 heterocycles. The van der Waals surface area contributed by atoms with Crippen molar-refractivity contribution in [2.45, 2.75) is 57.7 Å². The van der Waals surface area contributed by atoms with E-state index in [1.165, 1.54) is 0 Å². The Kier molecular flexibility index (Phi) is 7.58. The SMILES string of the molecule is Cc1ncc(Cl)cc1C(=O)N[C@H]1CC[C@H](Cn2c(=O)n(-c3ccc(O[C@@H]4CCOC4)nc3)c3ccccc32)CC1. The second kappa shape index (κ2) is 11.4. The first kappa shape index (κ1) is 26.5. The van der Waals surface area contributed by atoms with Gasteiger partial charge in [0.2, 0.25) is 5.88 Å². The number of carbonyl (C=O) groups excluding carboxylic acids is 1. The molecule has 1 saturated heterocycles. The van der Waals surface area contributed by atoms with Gasteiger partial charge in [-0.2, -0.15) is 0 Å². The van der Waals surface area contributed by atoms with Gasteiger partial charge in [-0.05, 0) is 62.8 Å². The van der Waals surface area contributed by atoms with Gasteiger partial charge < -0.3 is 14.8 Å². The highest BCUT2D eigenvalue weighted by Gasteiger charge is 2.26. The molecule has 0 spiro atoms.